The van der Waals surface area contributed by atoms with Crippen molar-refractivity contribution < 1.29 is 18.0 Å². The van der Waals surface area contributed by atoms with Gasteiger partial charge in [-0.25, -0.2) is 18.4 Å². The molecule has 0 spiro atoms. The van der Waals surface area contributed by atoms with E-state index in [1.807, 2.05) is 20.8 Å². The van der Waals surface area contributed by atoms with Crippen LogP contribution in [0.2, 0.25) is 5.02 Å². The number of carbonyl (C=O) groups excluding carboxylic acids is 2. The number of halogens is 2. The minimum Gasteiger partial charge on any atom is -0.373 e. The molecule has 0 unspecified atom stereocenters. The summed E-state index contributed by atoms with van der Waals surface area (Å²) in [7, 11) is -1.59. The molecule has 1 heterocycles. The fourth-order valence-corrected chi connectivity index (χ4v) is 4.71. The Morgan fingerprint density at radius 2 is 1.63 bits per heavy atom. The Hall–Kier alpha value is -3.73. The van der Waals surface area contributed by atoms with E-state index in [1.165, 1.54) is 12.1 Å². The molecule has 216 valence electrons. The second-order valence-corrected chi connectivity index (χ2v) is 12.8. The van der Waals surface area contributed by atoms with Crippen LogP contribution >= 0.6 is 24.0 Å². The van der Waals surface area contributed by atoms with Gasteiger partial charge in [-0.3, -0.25) is 9.59 Å². The van der Waals surface area contributed by atoms with Crippen molar-refractivity contribution >= 4 is 68.1 Å². The van der Waals surface area contributed by atoms with Gasteiger partial charge in [0.25, 0.3) is 5.91 Å². The Bertz CT molecular complexity index is 1720. The van der Waals surface area contributed by atoms with Crippen LogP contribution in [0, 0.1) is 5.41 Å². The van der Waals surface area contributed by atoms with Crippen LogP contribution in [0.25, 0.3) is 22.3 Å². The van der Waals surface area contributed by atoms with Crippen molar-refractivity contribution in [2.24, 2.45) is 5.41 Å². The van der Waals surface area contributed by atoms with Crippen molar-refractivity contribution in [2.75, 3.05) is 23.9 Å². The number of sulfone groups is 1. The van der Waals surface area contributed by atoms with Gasteiger partial charge in [-0.15, -0.1) is 12.4 Å². The number of hydrogen-bond acceptors (Lipinski definition) is 7. The maximum Gasteiger partial charge on any atom is 0.257 e. The molecule has 4 rings (SSSR count). The summed E-state index contributed by atoms with van der Waals surface area (Å²) in [5.41, 5.74) is 2.20. The summed E-state index contributed by atoms with van der Waals surface area (Å²) in [6, 6.07) is 16.7. The molecule has 1 aromatic heterocycles. The van der Waals surface area contributed by atoms with E-state index in [4.69, 9.17) is 11.6 Å². The van der Waals surface area contributed by atoms with Gasteiger partial charge in [0.1, 0.15) is 5.82 Å². The smallest absolute Gasteiger partial charge is 0.257 e. The Balaban J connectivity index is 0.00000462. The predicted octanol–water partition coefficient (Wildman–Crippen LogP) is 5.73. The predicted molar refractivity (Wildman–Crippen MR) is 166 cm³/mol. The average Bonchev–Trinajstić information content (AvgIpc) is 2.90. The van der Waals surface area contributed by atoms with Gasteiger partial charge in [-0.2, -0.15) is 0 Å². The summed E-state index contributed by atoms with van der Waals surface area (Å²) in [6.07, 6.45) is 1.15. The van der Waals surface area contributed by atoms with E-state index in [0.717, 1.165) is 17.2 Å². The molecule has 3 aromatic carbocycles. The zero-order valence-electron chi connectivity index (χ0n) is 23.2. The molecule has 12 heteroatoms. The lowest BCUT2D eigenvalue weighted by Gasteiger charge is -2.18. The zero-order valence-corrected chi connectivity index (χ0v) is 25.6. The average molecular weight is 617 g/mol. The lowest BCUT2D eigenvalue weighted by Crippen LogP contribution is -2.34. The molecule has 9 nitrogen and oxygen atoms in total. The van der Waals surface area contributed by atoms with E-state index >= 15 is 0 Å². The van der Waals surface area contributed by atoms with Gasteiger partial charge in [0.15, 0.2) is 15.7 Å². The van der Waals surface area contributed by atoms with E-state index in [0.29, 0.717) is 28.4 Å². The number of rotatable bonds is 7. The molecule has 0 radical (unpaired) electrons. The highest BCUT2D eigenvalue weighted by molar-refractivity contribution is 7.90. The van der Waals surface area contributed by atoms with Crippen molar-refractivity contribution in [1.29, 1.82) is 0 Å². The number of nitrogens with zero attached hydrogens (tertiary/aromatic N) is 2. The van der Waals surface area contributed by atoms with Gasteiger partial charge in [0.2, 0.25) is 5.91 Å². The summed E-state index contributed by atoms with van der Waals surface area (Å²) in [6.45, 7) is 5.75. The van der Waals surface area contributed by atoms with Crippen molar-refractivity contribution in [1.82, 2.24) is 15.3 Å². The quantitative estimate of drug-likeness (QED) is 0.242. The van der Waals surface area contributed by atoms with Crippen LogP contribution in [0.1, 0.15) is 36.7 Å². The molecule has 0 aliphatic carbocycles. The van der Waals surface area contributed by atoms with Crippen LogP contribution in [0.4, 0.5) is 11.5 Å². The fourth-order valence-electron chi connectivity index (χ4n) is 3.88. The van der Waals surface area contributed by atoms with E-state index < -0.39 is 21.2 Å². The third kappa shape index (κ3) is 7.52. The second-order valence-electron chi connectivity index (χ2n) is 10.4. The molecule has 0 saturated heterocycles. The van der Waals surface area contributed by atoms with Crippen LogP contribution in [-0.4, -0.2) is 43.5 Å². The van der Waals surface area contributed by atoms with Gasteiger partial charge in [-0.05, 0) is 60.2 Å². The highest BCUT2D eigenvalue weighted by Crippen LogP contribution is 2.28. The first-order chi connectivity index (χ1) is 18.8. The Morgan fingerprint density at radius 3 is 2.24 bits per heavy atom. The minimum atomic E-state index is -3.33. The van der Waals surface area contributed by atoms with E-state index in [2.05, 4.69) is 25.9 Å². The van der Waals surface area contributed by atoms with Crippen molar-refractivity contribution in [3.63, 3.8) is 0 Å². The highest BCUT2D eigenvalue weighted by atomic mass is 35.5. The molecule has 0 atom stereocenters. The standard InChI is InChI=1S/C29H30ClN5O4S.ClH/c1-29(2,3)28(37)32-16-17-6-13-23(30)22(14-17)27(36)33-19-9-12-21-24(15-19)34-25(35-26(21)31-4)18-7-10-20(11-8-18)40(5,38)39;/h6-15H,16H2,1-5H3,(H,32,37)(H,33,36)(H,31,34,35);1H. The lowest BCUT2D eigenvalue weighted by atomic mass is 9.95. The Labute approximate surface area is 250 Å². The fraction of sp³-hybridized carbons (Fsp3) is 0.241. The minimum absolute atomic E-state index is 0. The summed E-state index contributed by atoms with van der Waals surface area (Å²) < 4.78 is 23.6. The van der Waals surface area contributed by atoms with Crippen LogP contribution in [0.15, 0.2) is 65.6 Å². The number of carbonyl (C=O) groups is 2. The van der Waals surface area contributed by atoms with E-state index in [9.17, 15) is 18.0 Å². The van der Waals surface area contributed by atoms with Crippen LogP contribution < -0.4 is 16.0 Å². The summed E-state index contributed by atoms with van der Waals surface area (Å²) in [5.74, 6) is 0.470. The number of nitrogens with one attached hydrogen (secondary N) is 3. The molecule has 0 saturated carbocycles. The number of fused-ring (bicyclic) bond motifs is 1. The normalized spacial score (nSPS) is 11.5. The van der Waals surface area contributed by atoms with Crippen LogP contribution in [0.5, 0.6) is 0 Å². The SMILES string of the molecule is CNc1nc(-c2ccc(S(C)(=O)=O)cc2)nc2cc(NC(=O)c3cc(CNC(=O)C(C)(C)C)ccc3Cl)ccc12.Cl. The first-order valence-corrected chi connectivity index (χ1v) is 14.7. The maximum atomic E-state index is 13.2. The maximum absolute atomic E-state index is 13.2. The van der Waals surface area contributed by atoms with Gasteiger partial charge < -0.3 is 16.0 Å². The molecule has 2 amide bonds. The largest absolute Gasteiger partial charge is 0.373 e. The number of aromatic nitrogens is 2. The van der Waals surface area contributed by atoms with Gasteiger partial charge in [0.05, 0.1) is 21.0 Å². The summed E-state index contributed by atoms with van der Waals surface area (Å²) in [4.78, 5) is 34.8. The first-order valence-electron chi connectivity index (χ1n) is 12.4. The first kappa shape index (κ1) is 31.8. The van der Waals surface area contributed by atoms with Crippen LogP contribution in [0.3, 0.4) is 0 Å². The number of amides is 2. The van der Waals surface area contributed by atoms with E-state index in [-0.39, 0.29) is 40.3 Å². The number of hydrogen-bond donors (Lipinski definition) is 3. The number of anilines is 2. The van der Waals surface area contributed by atoms with Gasteiger partial charge in [0, 0.05) is 41.9 Å². The third-order valence-corrected chi connectivity index (χ3v) is 7.60. The molecule has 0 bridgehead atoms. The van der Waals surface area contributed by atoms with E-state index in [1.54, 1.807) is 55.6 Å². The lowest BCUT2D eigenvalue weighted by molar-refractivity contribution is -0.128. The second kappa shape index (κ2) is 12.4. The molecule has 3 N–H and O–H groups in total. The topological polar surface area (TPSA) is 130 Å². The van der Waals surface area contributed by atoms with Gasteiger partial charge >= 0.3 is 0 Å². The van der Waals surface area contributed by atoms with Gasteiger partial charge in [-0.1, -0.05) is 38.4 Å². The van der Waals surface area contributed by atoms with Crippen LogP contribution in [-0.2, 0) is 21.2 Å². The van der Waals surface area contributed by atoms with Crippen molar-refractivity contribution in [3.8, 4) is 11.4 Å². The molecule has 0 aliphatic heterocycles. The molecular formula is C29H31Cl2N5O4S. The summed E-state index contributed by atoms with van der Waals surface area (Å²) >= 11 is 6.34. The molecule has 41 heavy (non-hydrogen) atoms. The molecule has 0 aliphatic rings. The zero-order chi connectivity index (χ0) is 29.2. The van der Waals surface area contributed by atoms with Crippen molar-refractivity contribution in [2.45, 2.75) is 32.2 Å². The molecule has 0 fully saturated rings. The third-order valence-electron chi connectivity index (χ3n) is 6.14. The molecular weight excluding hydrogens is 585 g/mol. The molecule has 4 aromatic rings. The highest BCUT2D eigenvalue weighted by Gasteiger charge is 2.21. The van der Waals surface area contributed by atoms with Crippen molar-refractivity contribution in [3.05, 3.63) is 76.8 Å². The summed E-state index contributed by atoms with van der Waals surface area (Å²) in [5, 5.41) is 9.83. The Morgan fingerprint density at radius 1 is 0.951 bits per heavy atom. The Kier molecular flexibility index (Phi) is 9.63. The number of benzene rings is 3. The monoisotopic (exact) mass is 615 g/mol.